The van der Waals surface area contributed by atoms with Crippen LogP contribution in [0.25, 0.3) is 0 Å². The molecular formula is C20H24N4O5S2. The molecule has 0 unspecified atom stereocenters. The third kappa shape index (κ3) is 4.73. The average Bonchev–Trinajstić information content (AvgIpc) is 3.41. The van der Waals surface area contributed by atoms with Crippen molar-refractivity contribution in [3.63, 3.8) is 0 Å². The molecular weight excluding hydrogens is 440 g/mol. The molecule has 2 heterocycles. The van der Waals surface area contributed by atoms with Gasteiger partial charge in [-0.3, -0.25) is 5.32 Å². The Hall–Kier alpha value is -2.50. The van der Waals surface area contributed by atoms with Gasteiger partial charge in [-0.25, -0.2) is 23.0 Å². The summed E-state index contributed by atoms with van der Waals surface area (Å²) in [6, 6.07) is 5.63. The molecule has 31 heavy (non-hydrogen) atoms. The van der Waals surface area contributed by atoms with Crippen molar-refractivity contribution in [2.45, 2.75) is 49.6 Å². The molecule has 1 fully saturated rings. The molecule has 2 aliphatic rings. The summed E-state index contributed by atoms with van der Waals surface area (Å²) in [6.45, 7) is 0.492. The van der Waals surface area contributed by atoms with Crippen LogP contribution in [0.3, 0.4) is 0 Å². The van der Waals surface area contributed by atoms with Crippen LogP contribution in [0, 0.1) is 0 Å². The number of esters is 1. The SMILES string of the molecule is COC(=O)c1ccc(S(=O)(=O)N2CCc3nc(NC(=O)NC4CCCC4)sc3C2)cc1. The minimum atomic E-state index is -3.72. The molecule has 2 N–H and O–H groups in total. The van der Waals surface area contributed by atoms with Gasteiger partial charge in [-0.1, -0.05) is 24.2 Å². The minimum Gasteiger partial charge on any atom is -0.465 e. The molecule has 0 radical (unpaired) electrons. The van der Waals surface area contributed by atoms with Gasteiger partial charge in [0.05, 0.1) is 29.8 Å². The molecule has 0 atom stereocenters. The van der Waals surface area contributed by atoms with Gasteiger partial charge in [0.25, 0.3) is 0 Å². The molecule has 1 aromatic heterocycles. The standard InChI is InChI=1S/C20H24N4O5S2/c1-29-18(25)13-6-8-15(9-7-13)31(27,28)24-11-10-16-17(12-24)30-20(22-16)23-19(26)21-14-4-2-3-5-14/h6-9,14H,2-5,10-12H2,1H3,(H2,21,22,23,26). The number of fused-ring (bicyclic) bond motifs is 1. The molecule has 4 rings (SSSR count). The van der Waals surface area contributed by atoms with E-state index in [9.17, 15) is 18.0 Å². The highest BCUT2D eigenvalue weighted by Crippen LogP contribution is 2.31. The van der Waals surface area contributed by atoms with E-state index in [1.54, 1.807) is 0 Å². The van der Waals surface area contributed by atoms with E-state index in [-0.39, 0.29) is 29.1 Å². The average molecular weight is 465 g/mol. The van der Waals surface area contributed by atoms with Crippen molar-refractivity contribution < 1.29 is 22.7 Å². The molecule has 166 valence electrons. The van der Waals surface area contributed by atoms with Crippen molar-refractivity contribution in [3.05, 3.63) is 40.4 Å². The molecule has 0 spiro atoms. The molecule has 2 amide bonds. The molecule has 9 nitrogen and oxygen atoms in total. The van der Waals surface area contributed by atoms with Gasteiger partial charge in [0.2, 0.25) is 10.0 Å². The predicted molar refractivity (Wildman–Crippen MR) is 116 cm³/mol. The topological polar surface area (TPSA) is 118 Å². The van der Waals surface area contributed by atoms with E-state index in [4.69, 9.17) is 0 Å². The molecule has 2 aromatic rings. The van der Waals surface area contributed by atoms with Crippen LogP contribution in [0.2, 0.25) is 0 Å². The van der Waals surface area contributed by atoms with Crippen LogP contribution in [-0.4, -0.2) is 49.4 Å². The number of nitrogens with zero attached hydrogens (tertiary/aromatic N) is 2. The zero-order valence-corrected chi connectivity index (χ0v) is 18.7. The molecule has 1 aromatic carbocycles. The lowest BCUT2D eigenvalue weighted by molar-refractivity contribution is 0.0600. The first-order chi connectivity index (χ1) is 14.9. The normalized spacial score (nSPS) is 17.2. The lowest BCUT2D eigenvalue weighted by Gasteiger charge is -2.25. The number of ether oxygens (including phenoxy) is 1. The van der Waals surface area contributed by atoms with Crippen LogP contribution in [0.5, 0.6) is 0 Å². The molecule has 11 heteroatoms. The Morgan fingerprint density at radius 1 is 1.19 bits per heavy atom. The molecule has 0 saturated heterocycles. The number of sulfonamides is 1. The highest BCUT2D eigenvalue weighted by atomic mass is 32.2. The maximum Gasteiger partial charge on any atom is 0.337 e. The van der Waals surface area contributed by atoms with Crippen LogP contribution < -0.4 is 10.6 Å². The Labute approximate surface area is 184 Å². The van der Waals surface area contributed by atoms with Crippen LogP contribution in [0.15, 0.2) is 29.2 Å². The van der Waals surface area contributed by atoms with Gasteiger partial charge >= 0.3 is 12.0 Å². The van der Waals surface area contributed by atoms with E-state index in [1.807, 2.05) is 0 Å². The smallest absolute Gasteiger partial charge is 0.337 e. The third-order valence-electron chi connectivity index (χ3n) is 5.52. The molecule has 1 aliphatic heterocycles. The monoisotopic (exact) mass is 464 g/mol. The van der Waals surface area contributed by atoms with Gasteiger partial charge in [-0.05, 0) is 37.1 Å². The Balaban J connectivity index is 1.43. The maximum atomic E-state index is 13.0. The lowest BCUT2D eigenvalue weighted by atomic mass is 10.2. The van der Waals surface area contributed by atoms with Gasteiger partial charge in [-0.2, -0.15) is 4.31 Å². The zero-order valence-electron chi connectivity index (χ0n) is 17.1. The number of methoxy groups -OCH3 is 1. The Morgan fingerprint density at radius 2 is 1.90 bits per heavy atom. The number of hydrogen-bond acceptors (Lipinski definition) is 7. The zero-order chi connectivity index (χ0) is 22.0. The number of hydrogen-bond donors (Lipinski definition) is 2. The number of anilines is 1. The van der Waals surface area contributed by atoms with E-state index < -0.39 is 16.0 Å². The minimum absolute atomic E-state index is 0.113. The van der Waals surface area contributed by atoms with Gasteiger partial charge in [0.15, 0.2) is 5.13 Å². The second-order valence-corrected chi connectivity index (χ2v) is 10.6. The Kier molecular flexibility index (Phi) is 6.26. The van der Waals surface area contributed by atoms with Crippen LogP contribution >= 0.6 is 11.3 Å². The highest BCUT2D eigenvalue weighted by molar-refractivity contribution is 7.89. The second-order valence-electron chi connectivity index (χ2n) is 7.57. The molecule has 1 aliphatic carbocycles. The van der Waals surface area contributed by atoms with Crippen LogP contribution in [0.4, 0.5) is 9.93 Å². The van der Waals surface area contributed by atoms with Gasteiger partial charge in [0, 0.05) is 23.9 Å². The van der Waals surface area contributed by atoms with Crippen molar-refractivity contribution in [3.8, 4) is 0 Å². The van der Waals surface area contributed by atoms with E-state index in [0.717, 1.165) is 36.3 Å². The first-order valence-corrected chi connectivity index (χ1v) is 12.4. The van der Waals surface area contributed by atoms with Crippen LogP contribution in [0.1, 0.15) is 46.6 Å². The lowest BCUT2D eigenvalue weighted by Crippen LogP contribution is -2.36. The van der Waals surface area contributed by atoms with E-state index >= 15 is 0 Å². The summed E-state index contributed by atoms with van der Waals surface area (Å²) in [7, 11) is -2.45. The summed E-state index contributed by atoms with van der Waals surface area (Å²) in [5, 5.41) is 6.21. The number of nitrogens with one attached hydrogen (secondary N) is 2. The third-order valence-corrected chi connectivity index (χ3v) is 8.38. The fourth-order valence-corrected chi connectivity index (χ4v) is 6.36. The summed E-state index contributed by atoms with van der Waals surface area (Å²) in [4.78, 5) is 29.2. The highest BCUT2D eigenvalue weighted by Gasteiger charge is 2.31. The van der Waals surface area contributed by atoms with Crippen molar-refractivity contribution in [1.82, 2.24) is 14.6 Å². The van der Waals surface area contributed by atoms with Crippen molar-refractivity contribution in [2.24, 2.45) is 0 Å². The number of rotatable bonds is 5. The van der Waals surface area contributed by atoms with Crippen LogP contribution in [-0.2, 0) is 27.7 Å². The van der Waals surface area contributed by atoms with E-state index in [2.05, 4.69) is 20.4 Å². The summed E-state index contributed by atoms with van der Waals surface area (Å²) in [5.41, 5.74) is 1.10. The quantitative estimate of drug-likeness (QED) is 0.657. The predicted octanol–water partition coefficient (Wildman–Crippen LogP) is 2.74. The first-order valence-electron chi connectivity index (χ1n) is 10.1. The maximum absolute atomic E-state index is 13.0. The van der Waals surface area contributed by atoms with Gasteiger partial charge < -0.3 is 10.1 Å². The number of aromatic nitrogens is 1. The number of thiazole rings is 1. The first kappa shape index (κ1) is 21.7. The molecule has 0 bridgehead atoms. The summed E-state index contributed by atoms with van der Waals surface area (Å²) in [5.74, 6) is -0.520. The van der Waals surface area contributed by atoms with Crippen molar-refractivity contribution in [2.75, 3.05) is 19.0 Å². The number of urea groups is 1. The fraction of sp³-hybridized carbons (Fsp3) is 0.450. The molecule has 1 saturated carbocycles. The largest absolute Gasteiger partial charge is 0.465 e. The van der Waals surface area contributed by atoms with Crippen molar-refractivity contribution >= 4 is 38.5 Å². The second kappa shape index (κ2) is 8.93. The summed E-state index contributed by atoms with van der Waals surface area (Å²) >= 11 is 1.30. The number of carbonyl (C=O) groups is 2. The summed E-state index contributed by atoms with van der Waals surface area (Å²) in [6.07, 6.45) is 4.72. The number of benzene rings is 1. The van der Waals surface area contributed by atoms with Crippen molar-refractivity contribution in [1.29, 1.82) is 0 Å². The van der Waals surface area contributed by atoms with E-state index in [1.165, 1.54) is 47.0 Å². The van der Waals surface area contributed by atoms with E-state index in [0.29, 0.717) is 18.1 Å². The van der Waals surface area contributed by atoms with Gasteiger partial charge in [0.1, 0.15) is 0 Å². The Bertz CT molecular complexity index is 1080. The Morgan fingerprint density at radius 3 is 2.58 bits per heavy atom. The fourth-order valence-electron chi connectivity index (χ4n) is 3.85. The number of amides is 2. The van der Waals surface area contributed by atoms with Gasteiger partial charge in [-0.15, -0.1) is 0 Å². The summed E-state index contributed by atoms with van der Waals surface area (Å²) < 4.78 is 32.1. The number of carbonyl (C=O) groups excluding carboxylic acids is 2.